The summed E-state index contributed by atoms with van der Waals surface area (Å²) in [6.45, 7) is 10.7. The van der Waals surface area contributed by atoms with Gasteiger partial charge in [0.05, 0.1) is 0 Å². The van der Waals surface area contributed by atoms with Crippen LogP contribution in [0.1, 0.15) is 73.6 Å². The van der Waals surface area contributed by atoms with Crippen LogP contribution < -0.4 is 0 Å². The molecule has 0 heterocycles. The number of benzene rings is 6. The Kier molecular flexibility index (Phi) is 9.77. The van der Waals surface area contributed by atoms with Gasteiger partial charge in [0.2, 0.25) is 0 Å². The van der Waals surface area contributed by atoms with Gasteiger partial charge in [-0.3, -0.25) is 0 Å². The van der Waals surface area contributed by atoms with E-state index in [1.165, 1.54) is 5.56 Å². The molecule has 0 aromatic heterocycles. The van der Waals surface area contributed by atoms with Crippen LogP contribution in [-0.2, 0) is 16.2 Å². The van der Waals surface area contributed by atoms with Crippen molar-refractivity contribution in [3.05, 3.63) is 185 Å². The molecule has 250 valence electrons. The molecule has 5 nitrogen and oxygen atoms in total. The van der Waals surface area contributed by atoms with E-state index in [0.29, 0.717) is 0 Å². The second-order valence-corrected chi connectivity index (χ2v) is 13.7. The number of hydrogen-bond donors (Lipinski definition) is 5. The van der Waals surface area contributed by atoms with Crippen molar-refractivity contribution in [3.8, 4) is 28.7 Å². The van der Waals surface area contributed by atoms with Crippen LogP contribution in [0.3, 0.4) is 0 Å². The van der Waals surface area contributed by atoms with E-state index in [4.69, 9.17) is 0 Å². The van der Waals surface area contributed by atoms with E-state index in [1.54, 1.807) is 60.7 Å². The van der Waals surface area contributed by atoms with Gasteiger partial charge in [0, 0.05) is 16.2 Å². The Bertz CT molecular complexity index is 1860. The van der Waals surface area contributed by atoms with Gasteiger partial charge in [-0.2, -0.15) is 0 Å². The van der Waals surface area contributed by atoms with Gasteiger partial charge in [-0.05, 0) is 107 Å². The fraction of sp³-hybridized carbons (Fsp3) is 0.182. The number of phenols is 5. The monoisotopic (exact) mass is 652 g/mol. The molecule has 0 aliphatic rings. The van der Waals surface area contributed by atoms with Gasteiger partial charge in [-0.15, -0.1) is 0 Å². The smallest absolute Gasteiger partial charge is 0.115 e. The second kappa shape index (κ2) is 13.8. The number of phenolic OH excluding ortho intramolecular Hbond substituents is 5. The molecule has 6 aromatic carbocycles. The summed E-state index contributed by atoms with van der Waals surface area (Å²) in [5.41, 5.74) is 6.91. The molecule has 0 aliphatic carbocycles. The van der Waals surface area contributed by atoms with Crippen LogP contribution >= 0.6 is 0 Å². The van der Waals surface area contributed by atoms with Crippen molar-refractivity contribution in [2.45, 2.75) is 50.9 Å². The summed E-state index contributed by atoms with van der Waals surface area (Å²) in [4.78, 5) is 0. The lowest BCUT2D eigenvalue weighted by Gasteiger charge is -2.33. The summed E-state index contributed by atoms with van der Waals surface area (Å²) in [5, 5.41) is 47.8. The first-order valence-corrected chi connectivity index (χ1v) is 16.3. The van der Waals surface area contributed by atoms with Crippen molar-refractivity contribution in [1.29, 1.82) is 0 Å². The SMILES string of the molecule is CC(C)(c1ccc(O)cc1)c1ccc(C(C)(c2ccc(O)cc2)c2ccc(O)cc2)cc1.CC(C)(c1ccc(O)cc1)c1ccc(O)cc1. The molecule has 5 heteroatoms. The van der Waals surface area contributed by atoms with Crippen LogP contribution in [0.4, 0.5) is 0 Å². The van der Waals surface area contributed by atoms with Crippen molar-refractivity contribution in [2.24, 2.45) is 0 Å². The standard InChI is InChI=1S/C29H28O3.C15H16O2/c1-28(2,21-8-14-25(30)15-9-21)20-4-6-22(7-5-20)29(3,23-10-16-26(31)17-11-23)24-12-18-27(32)19-13-24;1-15(2,11-3-7-13(16)8-4-11)12-5-9-14(17)10-6-12/h4-19,30-32H,1-3H3;3-10,16-17H,1-2H3. The molecule has 6 aromatic rings. The van der Waals surface area contributed by atoms with E-state index in [2.05, 4.69) is 58.9 Å². The lowest BCUT2D eigenvalue weighted by Crippen LogP contribution is -2.26. The first-order valence-electron chi connectivity index (χ1n) is 16.3. The highest BCUT2D eigenvalue weighted by Crippen LogP contribution is 2.41. The Morgan fingerprint density at radius 1 is 0.245 bits per heavy atom. The fourth-order valence-electron chi connectivity index (χ4n) is 6.28. The van der Waals surface area contributed by atoms with E-state index in [9.17, 15) is 25.5 Å². The summed E-state index contributed by atoms with van der Waals surface area (Å²) in [6, 6.07) is 45.0. The maximum Gasteiger partial charge on any atom is 0.115 e. The first-order chi connectivity index (χ1) is 23.2. The molecule has 0 spiro atoms. The molecule has 0 aliphatic heterocycles. The minimum atomic E-state index is -0.470. The molecule has 0 amide bonds. The van der Waals surface area contributed by atoms with E-state index in [1.807, 2.05) is 60.7 Å². The van der Waals surface area contributed by atoms with Crippen molar-refractivity contribution in [3.63, 3.8) is 0 Å². The van der Waals surface area contributed by atoms with Crippen LogP contribution in [0.2, 0.25) is 0 Å². The van der Waals surface area contributed by atoms with E-state index >= 15 is 0 Å². The normalized spacial score (nSPS) is 11.8. The molecule has 0 unspecified atom stereocenters. The Hall–Kier alpha value is -5.68. The minimum absolute atomic E-state index is 0.151. The maximum absolute atomic E-state index is 9.80. The molecule has 49 heavy (non-hydrogen) atoms. The zero-order valence-electron chi connectivity index (χ0n) is 28.6. The van der Waals surface area contributed by atoms with Gasteiger partial charge in [0.15, 0.2) is 0 Å². The van der Waals surface area contributed by atoms with Gasteiger partial charge in [-0.1, -0.05) is 113 Å². The molecule has 0 fully saturated rings. The number of aromatic hydroxyl groups is 5. The van der Waals surface area contributed by atoms with E-state index in [-0.39, 0.29) is 39.6 Å². The molecular weight excluding hydrogens is 608 g/mol. The topological polar surface area (TPSA) is 101 Å². The first kappa shape index (κ1) is 34.6. The largest absolute Gasteiger partial charge is 0.508 e. The maximum atomic E-state index is 9.80. The van der Waals surface area contributed by atoms with Crippen molar-refractivity contribution < 1.29 is 25.5 Å². The predicted octanol–water partition coefficient (Wildman–Crippen LogP) is 9.91. The highest BCUT2D eigenvalue weighted by Gasteiger charge is 2.32. The third-order valence-electron chi connectivity index (χ3n) is 9.84. The second-order valence-electron chi connectivity index (χ2n) is 13.7. The molecule has 0 saturated carbocycles. The van der Waals surface area contributed by atoms with Crippen LogP contribution in [0.15, 0.2) is 146 Å². The summed E-state index contributed by atoms with van der Waals surface area (Å²) < 4.78 is 0. The lowest BCUT2D eigenvalue weighted by atomic mass is 9.70. The quantitative estimate of drug-likeness (QED) is 0.111. The lowest BCUT2D eigenvalue weighted by molar-refractivity contribution is 0.473. The van der Waals surface area contributed by atoms with Gasteiger partial charge >= 0.3 is 0 Å². The molecule has 0 atom stereocenters. The van der Waals surface area contributed by atoms with Crippen molar-refractivity contribution in [1.82, 2.24) is 0 Å². The van der Waals surface area contributed by atoms with Gasteiger partial charge < -0.3 is 25.5 Å². The minimum Gasteiger partial charge on any atom is -0.508 e. The molecular formula is C44H44O5. The Labute approximate surface area is 289 Å². The zero-order chi connectivity index (χ0) is 35.4. The average Bonchev–Trinajstić information content (AvgIpc) is 3.09. The summed E-state index contributed by atoms with van der Waals surface area (Å²) in [6.07, 6.45) is 0. The Balaban J connectivity index is 0.000000232. The summed E-state index contributed by atoms with van der Waals surface area (Å²) in [7, 11) is 0. The fourth-order valence-corrected chi connectivity index (χ4v) is 6.28. The third kappa shape index (κ3) is 7.42. The molecule has 0 saturated heterocycles. The summed E-state index contributed by atoms with van der Waals surface area (Å²) in [5.74, 6) is 1.27. The summed E-state index contributed by atoms with van der Waals surface area (Å²) >= 11 is 0. The predicted molar refractivity (Wildman–Crippen MR) is 197 cm³/mol. The Morgan fingerprint density at radius 2 is 0.388 bits per heavy atom. The number of rotatable bonds is 7. The van der Waals surface area contributed by atoms with Crippen LogP contribution in [0.25, 0.3) is 0 Å². The van der Waals surface area contributed by atoms with Crippen molar-refractivity contribution in [2.75, 3.05) is 0 Å². The Morgan fingerprint density at radius 3 is 0.592 bits per heavy atom. The van der Waals surface area contributed by atoms with Gasteiger partial charge in [0.1, 0.15) is 28.7 Å². The highest BCUT2D eigenvalue weighted by atomic mass is 16.3. The van der Waals surface area contributed by atoms with Crippen LogP contribution in [0.5, 0.6) is 28.7 Å². The number of hydrogen-bond acceptors (Lipinski definition) is 5. The zero-order valence-corrected chi connectivity index (χ0v) is 28.6. The van der Waals surface area contributed by atoms with Gasteiger partial charge in [0.25, 0.3) is 0 Å². The van der Waals surface area contributed by atoms with Crippen molar-refractivity contribution >= 4 is 0 Å². The third-order valence-corrected chi connectivity index (χ3v) is 9.84. The molecule has 5 N–H and O–H groups in total. The van der Waals surface area contributed by atoms with Gasteiger partial charge in [-0.25, -0.2) is 0 Å². The highest BCUT2D eigenvalue weighted by molar-refractivity contribution is 5.52. The van der Waals surface area contributed by atoms with Crippen LogP contribution in [-0.4, -0.2) is 25.5 Å². The van der Waals surface area contributed by atoms with Crippen LogP contribution in [0, 0.1) is 0 Å². The average molecular weight is 653 g/mol. The molecule has 0 radical (unpaired) electrons. The van der Waals surface area contributed by atoms with E-state index < -0.39 is 5.41 Å². The molecule has 0 bridgehead atoms. The molecule has 6 rings (SSSR count). The van der Waals surface area contributed by atoms with E-state index in [0.717, 1.165) is 33.4 Å².